The van der Waals surface area contributed by atoms with Gasteiger partial charge in [-0.2, -0.15) is 0 Å². The van der Waals surface area contributed by atoms with Crippen LogP contribution in [0.1, 0.15) is 39.0 Å². The molecule has 2 aliphatic heterocycles. The molecule has 0 radical (unpaired) electrons. The molecule has 2 N–H and O–H groups in total. The number of hydrogen-bond acceptors (Lipinski definition) is 3. The van der Waals surface area contributed by atoms with Crippen molar-refractivity contribution >= 4 is 5.91 Å². The van der Waals surface area contributed by atoms with E-state index in [1.54, 1.807) is 0 Å². The minimum Gasteiger partial charge on any atom is -0.368 e. The zero-order valence-corrected chi connectivity index (χ0v) is 10.9. The van der Waals surface area contributed by atoms with Gasteiger partial charge in [-0.15, -0.1) is 0 Å². The number of nitrogens with two attached hydrogens (primary N) is 1. The van der Waals surface area contributed by atoms with Crippen LogP contribution < -0.4 is 5.73 Å². The van der Waals surface area contributed by atoms with Crippen molar-refractivity contribution < 1.29 is 4.79 Å². The first kappa shape index (κ1) is 12.8. The van der Waals surface area contributed by atoms with Crippen molar-refractivity contribution in [3.8, 4) is 0 Å². The first-order chi connectivity index (χ1) is 8.22. The summed E-state index contributed by atoms with van der Waals surface area (Å²) in [4.78, 5) is 16.3. The summed E-state index contributed by atoms with van der Waals surface area (Å²) in [5, 5.41) is 0. The summed E-state index contributed by atoms with van der Waals surface area (Å²) in [6.45, 7) is 6.59. The summed E-state index contributed by atoms with van der Waals surface area (Å²) in [7, 11) is 0. The molecule has 17 heavy (non-hydrogen) atoms. The van der Waals surface area contributed by atoms with Gasteiger partial charge in [-0.05, 0) is 38.8 Å². The van der Waals surface area contributed by atoms with E-state index >= 15 is 0 Å². The molecule has 2 fully saturated rings. The van der Waals surface area contributed by atoms with Gasteiger partial charge < -0.3 is 5.73 Å². The van der Waals surface area contributed by atoms with Crippen LogP contribution >= 0.6 is 0 Å². The van der Waals surface area contributed by atoms with E-state index in [1.165, 1.54) is 38.8 Å². The van der Waals surface area contributed by atoms with Gasteiger partial charge >= 0.3 is 0 Å². The molecule has 4 heteroatoms. The SMILES string of the molecule is CCC(C(N)=O)N1CCC(N2CCCCC2)C1. The highest BCUT2D eigenvalue weighted by Gasteiger charge is 2.33. The Bertz CT molecular complexity index is 263. The maximum atomic E-state index is 11.4. The Kier molecular flexibility index (Phi) is 4.40. The van der Waals surface area contributed by atoms with E-state index < -0.39 is 0 Å². The molecule has 0 bridgehead atoms. The van der Waals surface area contributed by atoms with Crippen molar-refractivity contribution in [2.24, 2.45) is 5.73 Å². The zero-order chi connectivity index (χ0) is 12.3. The molecule has 0 spiro atoms. The number of likely N-dealkylation sites (tertiary alicyclic amines) is 2. The largest absolute Gasteiger partial charge is 0.368 e. The summed E-state index contributed by atoms with van der Waals surface area (Å²) >= 11 is 0. The Morgan fingerprint density at radius 2 is 2.00 bits per heavy atom. The molecule has 2 heterocycles. The van der Waals surface area contributed by atoms with Crippen molar-refractivity contribution in [2.45, 2.75) is 51.1 Å². The van der Waals surface area contributed by atoms with Crippen molar-refractivity contribution in [3.63, 3.8) is 0 Å². The van der Waals surface area contributed by atoms with Crippen molar-refractivity contribution in [1.82, 2.24) is 9.80 Å². The van der Waals surface area contributed by atoms with E-state index in [2.05, 4.69) is 9.80 Å². The molecule has 0 aromatic carbocycles. The zero-order valence-electron chi connectivity index (χ0n) is 10.9. The van der Waals surface area contributed by atoms with Crippen LogP contribution in [-0.4, -0.2) is 54.0 Å². The Hall–Kier alpha value is -0.610. The first-order valence-electron chi connectivity index (χ1n) is 6.99. The predicted molar refractivity (Wildman–Crippen MR) is 68.7 cm³/mol. The van der Waals surface area contributed by atoms with E-state index in [1.807, 2.05) is 6.92 Å². The number of primary amides is 1. The average Bonchev–Trinajstić information content (AvgIpc) is 2.80. The molecule has 2 aliphatic rings. The number of carbonyl (C=O) groups excluding carboxylic acids is 1. The van der Waals surface area contributed by atoms with Gasteiger partial charge in [0.2, 0.25) is 5.91 Å². The second kappa shape index (κ2) is 5.83. The molecule has 2 unspecified atom stereocenters. The summed E-state index contributed by atoms with van der Waals surface area (Å²) in [6, 6.07) is 0.605. The average molecular weight is 239 g/mol. The van der Waals surface area contributed by atoms with Gasteiger partial charge in [0.15, 0.2) is 0 Å². The number of amides is 1. The highest BCUT2D eigenvalue weighted by molar-refractivity contribution is 5.79. The van der Waals surface area contributed by atoms with Gasteiger partial charge in [-0.25, -0.2) is 0 Å². The summed E-state index contributed by atoms with van der Waals surface area (Å²) in [5.74, 6) is -0.160. The molecule has 1 amide bonds. The van der Waals surface area contributed by atoms with Gasteiger partial charge in [0.25, 0.3) is 0 Å². The van der Waals surface area contributed by atoms with Crippen LogP contribution in [0.3, 0.4) is 0 Å². The van der Waals surface area contributed by atoms with Crippen LogP contribution in [0.5, 0.6) is 0 Å². The van der Waals surface area contributed by atoms with E-state index in [9.17, 15) is 4.79 Å². The molecular formula is C13H25N3O. The van der Waals surface area contributed by atoms with Gasteiger partial charge in [-0.1, -0.05) is 13.3 Å². The Labute approximate surface area is 104 Å². The second-order valence-electron chi connectivity index (χ2n) is 5.36. The molecule has 0 aromatic heterocycles. The highest BCUT2D eigenvalue weighted by atomic mass is 16.1. The topological polar surface area (TPSA) is 49.6 Å². The van der Waals surface area contributed by atoms with Gasteiger partial charge in [0.05, 0.1) is 6.04 Å². The quantitative estimate of drug-likeness (QED) is 0.790. The molecule has 98 valence electrons. The Balaban J connectivity index is 1.87. The molecule has 2 saturated heterocycles. The molecule has 2 atom stereocenters. The van der Waals surface area contributed by atoms with Crippen molar-refractivity contribution in [2.75, 3.05) is 26.2 Å². The van der Waals surface area contributed by atoms with Crippen LogP contribution in [-0.2, 0) is 4.79 Å². The number of piperidine rings is 1. The molecule has 0 aliphatic carbocycles. The standard InChI is InChI=1S/C13H25N3O/c1-2-12(13(14)17)16-9-6-11(10-16)15-7-4-3-5-8-15/h11-12H,2-10H2,1H3,(H2,14,17). The number of nitrogens with zero attached hydrogens (tertiary/aromatic N) is 2. The normalized spacial score (nSPS) is 29.4. The van der Waals surface area contributed by atoms with Crippen LogP contribution in [0, 0.1) is 0 Å². The van der Waals surface area contributed by atoms with Crippen LogP contribution in [0.2, 0.25) is 0 Å². The lowest BCUT2D eigenvalue weighted by molar-refractivity contribution is -0.123. The van der Waals surface area contributed by atoms with E-state index in [4.69, 9.17) is 5.73 Å². The van der Waals surface area contributed by atoms with Crippen molar-refractivity contribution in [3.05, 3.63) is 0 Å². The fourth-order valence-electron chi connectivity index (χ4n) is 3.27. The lowest BCUT2D eigenvalue weighted by Gasteiger charge is -2.33. The van der Waals surface area contributed by atoms with Gasteiger partial charge in [0.1, 0.15) is 0 Å². The molecule has 0 saturated carbocycles. The Morgan fingerprint density at radius 3 is 2.59 bits per heavy atom. The highest BCUT2D eigenvalue weighted by Crippen LogP contribution is 2.22. The lowest BCUT2D eigenvalue weighted by atomic mass is 10.1. The molecule has 0 aromatic rings. The molecular weight excluding hydrogens is 214 g/mol. The molecule has 2 rings (SSSR count). The monoisotopic (exact) mass is 239 g/mol. The first-order valence-corrected chi connectivity index (χ1v) is 6.99. The van der Waals surface area contributed by atoms with Gasteiger partial charge in [-0.3, -0.25) is 14.6 Å². The van der Waals surface area contributed by atoms with Crippen LogP contribution in [0.25, 0.3) is 0 Å². The third-order valence-corrected chi connectivity index (χ3v) is 4.26. The number of carbonyl (C=O) groups is 1. The van der Waals surface area contributed by atoms with Crippen molar-refractivity contribution in [1.29, 1.82) is 0 Å². The lowest BCUT2D eigenvalue weighted by Crippen LogP contribution is -2.46. The number of hydrogen-bond donors (Lipinski definition) is 1. The minimum atomic E-state index is -0.160. The van der Waals surface area contributed by atoms with Gasteiger partial charge in [0, 0.05) is 19.1 Å². The van der Waals surface area contributed by atoms with Crippen LogP contribution in [0.15, 0.2) is 0 Å². The minimum absolute atomic E-state index is 0.0511. The Morgan fingerprint density at radius 1 is 1.29 bits per heavy atom. The predicted octanol–water partition coefficient (Wildman–Crippen LogP) is 0.811. The fourth-order valence-corrected chi connectivity index (χ4v) is 3.27. The third kappa shape index (κ3) is 2.99. The maximum Gasteiger partial charge on any atom is 0.234 e. The van der Waals surface area contributed by atoms with E-state index in [-0.39, 0.29) is 11.9 Å². The maximum absolute atomic E-state index is 11.4. The van der Waals surface area contributed by atoms with E-state index in [0.29, 0.717) is 6.04 Å². The molecule has 4 nitrogen and oxygen atoms in total. The summed E-state index contributed by atoms with van der Waals surface area (Å²) in [5.41, 5.74) is 5.46. The summed E-state index contributed by atoms with van der Waals surface area (Å²) in [6.07, 6.45) is 6.09. The summed E-state index contributed by atoms with van der Waals surface area (Å²) < 4.78 is 0. The fraction of sp³-hybridized carbons (Fsp3) is 0.923. The number of rotatable bonds is 4. The van der Waals surface area contributed by atoms with E-state index in [0.717, 1.165) is 19.5 Å². The smallest absolute Gasteiger partial charge is 0.234 e. The van der Waals surface area contributed by atoms with Crippen LogP contribution in [0.4, 0.5) is 0 Å². The second-order valence-corrected chi connectivity index (χ2v) is 5.36. The third-order valence-electron chi connectivity index (χ3n) is 4.26.